The van der Waals surface area contributed by atoms with E-state index in [1.165, 1.54) is 11.3 Å². The van der Waals surface area contributed by atoms with Crippen LogP contribution >= 0.6 is 11.3 Å². The van der Waals surface area contributed by atoms with Crippen LogP contribution in [0.4, 0.5) is 22.7 Å². The molecule has 0 spiro atoms. The Balaban J connectivity index is 1.58. The molecule has 10 nitrogen and oxygen atoms in total. The number of ether oxygens (including phenoxy) is 2. The van der Waals surface area contributed by atoms with Gasteiger partial charge in [0, 0.05) is 32.2 Å². The maximum absolute atomic E-state index is 12.2. The molecule has 0 bridgehead atoms. The summed E-state index contributed by atoms with van der Waals surface area (Å²) < 4.78 is 10.6. The van der Waals surface area contributed by atoms with E-state index in [1.807, 2.05) is 19.9 Å². The standard InChI is InChI=1S/C23H34N6O4S/c1-5-33-20(30)19-15(2)24-22(34-19)27-21-25-17(14-18(26-21)29-10-12-32-13-11-29)28-8-6-16(7-9-28)23(3,4)31/h14,16,31H,5-13H2,1-4H3,(H,24,25,26,27). The van der Waals surface area contributed by atoms with Crippen LogP contribution in [0.3, 0.4) is 0 Å². The number of piperidine rings is 1. The summed E-state index contributed by atoms with van der Waals surface area (Å²) in [6.45, 7) is 12.1. The minimum Gasteiger partial charge on any atom is -0.462 e. The van der Waals surface area contributed by atoms with Crippen LogP contribution in [0.1, 0.15) is 49.0 Å². The van der Waals surface area contributed by atoms with Gasteiger partial charge in [0.1, 0.15) is 16.5 Å². The Morgan fingerprint density at radius 3 is 2.38 bits per heavy atom. The number of thiazole rings is 1. The molecule has 0 unspecified atom stereocenters. The lowest BCUT2D eigenvalue weighted by atomic mass is 9.83. The smallest absolute Gasteiger partial charge is 0.350 e. The zero-order valence-corrected chi connectivity index (χ0v) is 21.2. The van der Waals surface area contributed by atoms with E-state index in [-0.39, 0.29) is 11.9 Å². The van der Waals surface area contributed by atoms with Crippen molar-refractivity contribution < 1.29 is 19.4 Å². The minimum atomic E-state index is -0.678. The summed E-state index contributed by atoms with van der Waals surface area (Å²) >= 11 is 1.24. The molecule has 2 saturated heterocycles. The van der Waals surface area contributed by atoms with Crippen molar-refractivity contribution in [3.05, 3.63) is 16.6 Å². The molecule has 4 rings (SSSR count). The van der Waals surface area contributed by atoms with Gasteiger partial charge in [0.05, 0.1) is 31.1 Å². The van der Waals surface area contributed by atoms with Gasteiger partial charge in [-0.3, -0.25) is 5.32 Å². The first-order valence-electron chi connectivity index (χ1n) is 11.8. The first-order valence-corrected chi connectivity index (χ1v) is 12.7. The van der Waals surface area contributed by atoms with E-state index in [2.05, 4.69) is 20.1 Å². The monoisotopic (exact) mass is 490 g/mol. The van der Waals surface area contributed by atoms with Crippen LogP contribution in [0.25, 0.3) is 0 Å². The predicted octanol–water partition coefficient (Wildman–Crippen LogP) is 2.99. The second kappa shape index (κ2) is 10.4. The first kappa shape index (κ1) is 24.6. The Hall–Kier alpha value is -2.50. The fourth-order valence-corrected chi connectivity index (χ4v) is 5.19. The number of aliphatic hydroxyl groups is 1. The second-order valence-electron chi connectivity index (χ2n) is 9.20. The second-order valence-corrected chi connectivity index (χ2v) is 10.2. The van der Waals surface area contributed by atoms with E-state index >= 15 is 0 Å². The molecule has 2 aromatic rings. The number of nitrogens with zero attached hydrogens (tertiary/aromatic N) is 5. The van der Waals surface area contributed by atoms with Gasteiger partial charge in [-0.15, -0.1) is 0 Å². The van der Waals surface area contributed by atoms with Crippen LogP contribution in [-0.4, -0.2) is 77.6 Å². The lowest BCUT2D eigenvalue weighted by Crippen LogP contribution is -2.42. The third-order valence-electron chi connectivity index (χ3n) is 6.33. The number of hydrogen-bond donors (Lipinski definition) is 2. The lowest BCUT2D eigenvalue weighted by Gasteiger charge is -2.38. The van der Waals surface area contributed by atoms with Crippen molar-refractivity contribution >= 4 is 40.0 Å². The van der Waals surface area contributed by atoms with Crippen molar-refractivity contribution in [3.8, 4) is 0 Å². The van der Waals surface area contributed by atoms with E-state index in [1.54, 1.807) is 13.8 Å². The highest BCUT2D eigenvalue weighted by Crippen LogP contribution is 2.32. The van der Waals surface area contributed by atoms with E-state index in [4.69, 9.17) is 19.4 Å². The number of carbonyl (C=O) groups is 1. The highest BCUT2D eigenvalue weighted by Gasteiger charge is 2.31. The molecular weight excluding hydrogens is 456 g/mol. The Bertz CT molecular complexity index is 994. The van der Waals surface area contributed by atoms with Gasteiger partial charge in [0.2, 0.25) is 5.95 Å². The fraction of sp³-hybridized carbons (Fsp3) is 0.652. The predicted molar refractivity (Wildman–Crippen MR) is 132 cm³/mol. The van der Waals surface area contributed by atoms with Gasteiger partial charge in [-0.25, -0.2) is 9.78 Å². The summed E-state index contributed by atoms with van der Waals surface area (Å²) in [7, 11) is 0. The Labute approximate surface area is 204 Å². The van der Waals surface area contributed by atoms with Crippen molar-refractivity contribution in [2.45, 2.75) is 46.1 Å². The number of aryl methyl sites for hydroxylation is 1. The minimum absolute atomic E-state index is 0.265. The average Bonchev–Trinajstić information content (AvgIpc) is 3.19. The molecule has 0 aromatic carbocycles. The number of anilines is 4. The zero-order chi connectivity index (χ0) is 24.3. The number of hydrogen-bond acceptors (Lipinski definition) is 11. The molecule has 186 valence electrons. The van der Waals surface area contributed by atoms with Gasteiger partial charge in [0.15, 0.2) is 5.13 Å². The SMILES string of the molecule is CCOC(=O)c1sc(Nc2nc(N3CCOCC3)cc(N3CCC(C(C)(C)O)CC3)n2)nc1C. The number of aromatic nitrogens is 3. The van der Waals surface area contributed by atoms with Gasteiger partial charge in [-0.2, -0.15) is 9.97 Å². The van der Waals surface area contributed by atoms with Crippen molar-refractivity contribution in [2.24, 2.45) is 5.92 Å². The largest absolute Gasteiger partial charge is 0.462 e. The molecular formula is C23H34N6O4S. The molecule has 4 heterocycles. The van der Waals surface area contributed by atoms with Crippen molar-refractivity contribution in [2.75, 3.05) is 61.1 Å². The molecule has 0 amide bonds. The van der Waals surface area contributed by atoms with E-state index in [0.29, 0.717) is 41.5 Å². The van der Waals surface area contributed by atoms with Crippen molar-refractivity contribution in [1.82, 2.24) is 15.0 Å². The highest BCUT2D eigenvalue weighted by molar-refractivity contribution is 7.17. The number of carbonyl (C=O) groups excluding carboxylic acids is 1. The normalized spacial score (nSPS) is 17.7. The Morgan fingerprint density at radius 2 is 1.79 bits per heavy atom. The van der Waals surface area contributed by atoms with E-state index in [9.17, 15) is 9.90 Å². The zero-order valence-electron chi connectivity index (χ0n) is 20.3. The third-order valence-corrected chi connectivity index (χ3v) is 7.38. The molecule has 0 saturated carbocycles. The number of morpholine rings is 1. The fourth-order valence-electron chi connectivity index (χ4n) is 4.34. The molecule has 2 aliphatic rings. The van der Waals surface area contributed by atoms with Crippen LogP contribution in [0, 0.1) is 12.8 Å². The molecule has 2 fully saturated rings. The summed E-state index contributed by atoms with van der Waals surface area (Å²) in [4.78, 5) is 31.1. The maximum atomic E-state index is 12.2. The van der Waals surface area contributed by atoms with Gasteiger partial charge >= 0.3 is 5.97 Å². The lowest BCUT2D eigenvalue weighted by molar-refractivity contribution is 0.00645. The summed E-state index contributed by atoms with van der Waals surface area (Å²) in [6.07, 6.45) is 1.80. The molecule has 34 heavy (non-hydrogen) atoms. The van der Waals surface area contributed by atoms with Crippen molar-refractivity contribution in [1.29, 1.82) is 0 Å². The van der Waals surface area contributed by atoms with Crippen LogP contribution in [-0.2, 0) is 9.47 Å². The Kier molecular flexibility index (Phi) is 7.54. The van der Waals surface area contributed by atoms with Gasteiger partial charge in [-0.1, -0.05) is 11.3 Å². The molecule has 2 aliphatic heterocycles. The summed E-state index contributed by atoms with van der Waals surface area (Å²) in [5.74, 6) is 2.00. The molecule has 0 aliphatic carbocycles. The highest BCUT2D eigenvalue weighted by atomic mass is 32.1. The molecule has 2 aromatic heterocycles. The van der Waals surface area contributed by atoms with Gasteiger partial charge in [-0.05, 0) is 46.5 Å². The topological polar surface area (TPSA) is 113 Å². The average molecular weight is 491 g/mol. The van der Waals surface area contributed by atoms with Gasteiger partial charge in [0.25, 0.3) is 0 Å². The van der Waals surface area contributed by atoms with Crippen LogP contribution in [0.5, 0.6) is 0 Å². The summed E-state index contributed by atoms with van der Waals surface area (Å²) in [6, 6.07) is 2.03. The molecule has 2 N–H and O–H groups in total. The van der Waals surface area contributed by atoms with Crippen LogP contribution < -0.4 is 15.1 Å². The molecule has 0 atom stereocenters. The quantitative estimate of drug-likeness (QED) is 0.562. The third kappa shape index (κ3) is 5.76. The van der Waals surface area contributed by atoms with Gasteiger partial charge < -0.3 is 24.4 Å². The number of nitrogens with one attached hydrogen (secondary N) is 1. The Morgan fingerprint density at radius 1 is 1.18 bits per heavy atom. The van der Waals surface area contributed by atoms with Crippen molar-refractivity contribution in [3.63, 3.8) is 0 Å². The number of rotatable bonds is 7. The van der Waals surface area contributed by atoms with Crippen LogP contribution in [0.15, 0.2) is 6.07 Å². The van der Waals surface area contributed by atoms with E-state index in [0.717, 1.165) is 50.7 Å². The van der Waals surface area contributed by atoms with Crippen LogP contribution in [0.2, 0.25) is 0 Å². The molecule has 0 radical (unpaired) electrons. The maximum Gasteiger partial charge on any atom is 0.350 e. The number of esters is 1. The first-order chi connectivity index (χ1) is 16.2. The molecule has 11 heteroatoms. The summed E-state index contributed by atoms with van der Waals surface area (Å²) in [5, 5.41) is 14.2. The van der Waals surface area contributed by atoms with E-state index < -0.39 is 5.60 Å². The summed E-state index contributed by atoms with van der Waals surface area (Å²) in [5.41, 5.74) is -0.0628.